The molecule has 12 nitrogen and oxygen atoms in total. The van der Waals surface area contributed by atoms with Gasteiger partial charge in [0.25, 0.3) is 0 Å². The van der Waals surface area contributed by atoms with Crippen LogP contribution in [0.2, 0.25) is 0 Å². The minimum Gasteiger partial charge on any atom is -0.448 e. The number of rotatable bonds is 13. The number of amides is 1. The fourth-order valence-electron chi connectivity index (χ4n) is 10.7. The zero-order chi connectivity index (χ0) is 40.5. The van der Waals surface area contributed by atoms with Crippen LogP contribution in [0, 0.1) is 34.5 Å². The number of aldehydes is 1. The third-order valence-corrected chi connectivity index (χ3v) is 15.1. The molecule has 0 bridgehead atoms. The summed E-state index contributed by atoms with van der Waals surface area (Å²) in [6.07, 6.45) is 8.31. The second kappa shape index (κ2) is 16.7. The monoisotopic (exact) mass is 817 g/mol. The number of phosphoric ester groups is 1. The van der Waals surface area contributed by atoms with Crippen molar-refractivity contribution in [3.8, 4) is 16.9 Å². The van der Waals surface area contributed by atoms with E-state index in [1.165, 1.54) is 24.3 Å². The number of ketones is 1. The number of carbonyl (C=O) groups is 3. The van der Waals surface area contributed by atoms with Gasteiger partial charge in [0.1, 0.15) is 25.2 Å². The number of anilines is 1. The second-order valence-electron chi connectivity index (χ2n) is 15.9. The van der Waals surface area contributed by atoms with Gasteiger partial charge in [-0.3, -0.25) is 19.4 Å². The van der Waals surface area contributed by atoms with E-state index < -0.39 is 52.0 Å². The van der Waals surface area contributed by atoms with Crippen LogP contribution in [0.4, 0.5) is 10.5 Å². The normalized spacial score (nSPS) is 30.1. The molecule has 9 unspecified atom stereocenters. The molecule has 3 saturated carbocycles. The van der Waals surface area contributed by atoms with Crippen LogP contribution in [0.25, 0.3) is 11.1 Å². The lowest BCUT2D eigenvalue weighted by molar-refractivity contribution is -0.140. The fraction of sp³-hybridized carbons (Fsp3) is 0.419. The standard InChI is InChI=1S/C43H49NO11P2/c1-4-22-42(2)27(21-23-45)13-18-34-36-19-20-37(43(36,3)24-38(46)40(34)42)39(47)26-53-57(50,51)55-56(49)54-29-16-14-28(15-17-29)44-41(48)52-25-35-32-11-7-5-9-30(32)31-10-6-8-12-33(31)35/h4-12,14-17,21-23,34-38,40,46,49H,13,18-20,24-26H2,1-3H3,(H,44,48)(H,50,51)/b22-4-,27-21-. The van der Waals surface area contributed by atoms with Crippen LogP contribution in [0.3, 0.4) is 0 Å². The third-order valence-electron chi connectivity index (χ3n) is 12.9. The minimum atomic E-state index is -4.93. The van der Waals surface area contributed by atoms with Gasteiger partial charge in [0.05, 0.1) is 6.10 Å². The van der Waals surface area contributed by atoms with Crippen LogP contribution in [0.5, 0.6) is 5.75 Å². The summed E-state index contributed by atoms with van der Waals surface area (Å²) in [5.74, 6) is -0.740. The van der Waals surface area contributed by atoms with Gasteiger partial charge < -0.3 is 24.2 Å². The highest BCUT2D eigenvalue weighted by Gasteiger charge is 2.62. The summed E-state index contributed by atoms with van der Waals surface area (Å²) in [6, 6.07) is 21.9. The molecule has 57 heavy (non-hydrogen) atoms. The largest absolute Gasteiger partial charge is 0.480 e. The van der Waals surface area contributed by atoms with E-state index in [-0.39, 0.29) is 41.8 Å². The lowest BCUT2D eigenvalue weighted by Gasteiger charge is -2.58. The molecule has 0 heterocycles. The Kier molecular flexibility index (Phi) is 12.1. The third kappa shape index (κ3) is 8.19. The molecule has 4 N–H and O–H groups in total. The van der Waals surface area contributed by atoms with Crippen molar-refractivity contribution in [1.82, 2.24) is 0 Å². The van der Waals surface area contributed by atoms with E-state index >= 15 is 0 Å². The van der Waals surface area contributed by atoms with Gasteiger partial charge in [0.15, 0.2) is 5.78 Å². The summed E-state index contributed by atoms with van der Waals surface area (Å²) in [7, 11) is -7.88. The molecule has 0 radical (unpaired) electrons. The molecular weight excluding hydrogens is 768 g/mol. The zero-order valence-corrected chi connectivity index (χ0v) is 33.9. The summed E-state index contributed by atoms with van der Waals surface area (Å²) in [5.41, 5.74) is 4.79. The van der Waals surface area contributed by atoms with Gasteiger partial charge in [-0.1, -0.05) is 80.1 Å². The van der Waals surface area contributed by atoms with Crippen LogP contribution in [-0.4, -0.2) is 52.4 Å². The maximum atomic E-state index is 13.6. The Hall–Kier alpha value is -3.99. The second-order valence-corrected chi connectivity index (χ2v) is 18.5. The van der Waals surface area contributed by atoms with Crippen molar-refractivity contribution in [2.24, 2.45) is 34.5 Å². The first-order valence-electron chi connectivity index (χ1n) is 19.3. The molecule has 3 aromatic rings. The number of fused-ring (bicyclic) bond motifs is 6. The maximum absolute atomic E-state index is 13.6. The van der Waals surface area contributed by atoms with Crippen molar-refractivity contribution in [3.63, 3.8) is 0 Å². The molecular formula is C43H49NO11P2. The molecule has 3 aromatic carbocycles. The molecule has 4 aliphatic carbocycles. The summed E-state index contributed by atoms with van der Waals surface area (Å²) in [5, 5.41) is 14.3. The van der Waals surface area contributed by atoms with Gasteiger partial charge in [0.2, 0.25) is 0 Å². The lowest BCUT2D eigenvalue weighted by atomic mass is 9.47. The van der Waals surface area contributed by atoms with E-state index in [2.05, 4.69) is 30.4 Å². The molecule has 14 heteroatoms. The van der Waals surface area contributed by atoms with Gasteiger partial charge in [-0.05, 0) is 109 Å². The van der Waals surface area contributed by atoms with Crippen molar-refractivity contribution < 1.29 is 51.9 Å². The van der Waals surface area contributed by atoms with Crippen LogP contribution < -0.4 is 9.84 Å². The molecule has 0 aromatic heterocycles. The minimum absolute atomic E-state index is 0.0823. The molecule has 7 rings (SSSR count). The Balaban J connectivity index is 0.888. The molecule has 1 amide bonds. The number of aliphatic hydroxyl groups is 1. The van der Waals surface area contributed by atoms with Crippen molar-refractivity contribution in [3.05, 3.63) is 108 Å². The molecule has 0 spiro atoms. The van der Waals surface area contributed by atoms with E-state index in [0.717, 1.165) is 53.4 Å². The summed E-state index contributed by atoms with van der Waals surface area (Å²) in [4.78, 5) is 58.6. The van der Waals surface area contributed by atoms with Gasteiger partial charge in [-0.25, -0.2) is 13.7 Å². The number of Topliss-reactive ketones (excluding diaryl/α,β-unsaturated/α-hetero) is 1. The van der Waals surface area contributed by atoms with Crippen molar-refractivity contribution in [1.29, 1.82) is 0 Å². The highest BCUT2D eigenvalue weighted by molar-refractivity contribution is 7.58. The van der Waals surface area contributed by atoms with Crippen molar-refractivity contribution in [2.45, 2.75) is 64.9 Å². The topological polar surface area (TPSA) is 178 Å². The number of hydrogen-bond donors (Lipinski definition) is 4. The smallest absolute Gasteiger partial charge is 0.448 e. The van der Waals surface area contributed by atoms with Crippen LogP contribution in [0.15, 0.2) is 96.6 Å². The van der Waals surface area contributed by atoms with E-state index in [1.807, 2.05) is 56.3 Å². The Morgan fingerprint density at radius 1 is 0.982 bits per heavy atom. The molecule has 302 valence electrons. The van der Waals surface area contributed by atoms with Crippen LogP contribution >= 0.6 is 16.4 Å². The van der Waals surface area contributed by atoms with Crippen molar-refractivity contribution in [2.75, 3.05) is 18.5 Å². The predicted octanol–water partition coefficient (Wildman–Crippen LogP) is 8.88. The summed E-state index contributed by atoms with van der Waals surface area (Å²) < 4.78 is 33.6. The van der Waals surface area contributed by atoms with E-state index in [0.29, 0.717) is 18.5 Å². The first-order valence-corrected chi connectivity index (χ1v) is 22.0. The number of benzene rings is 3. The van der Waals surface area contributed by atoms with Crippen LogP contribution in [-0.2, 0) is 27.7 Å². The number of allylic oxidation sites excluding steroid dienone is 4. The highest BCUT2D eigenvalue weighted by Crippen LogP contribution is 2.66. The summed E-state index contributed by atoms with van der Waals surface area (Å²) >= 11 is 0. The first-order chi connectivity index (χ1) is 27.3. The number of phosphoric acid groups is 1. The molecule has 0 aliphatic heterocycles. The van der Waals surface area contributed by atoms with E-state index in [4.69, 9.17) is 18.1 Å². The lowest BCUT2D eigenvalue weighted by Crippen LogP contribution is -2.56. The fourth-order valence-corrected chi connectivity index (χ4v) is 12.3. The average molecular weight is 818 g/mol. The Bertz CT molecular complexity index is 2060. The van der Waals surface area contributed by atoms with Gasteiger partial charge >= 0.3 is 22.5 Å². The molecule has 3 fully saturated rings. The van der Waals surface area contributed by atoms with E-state index in [9.17, 15) is 33.8 Å². The average Bonchev–Trinajstić information content (AvgIpc) is 3.69. The van der Waals surface area contributed by atoms with Gasteiger partial charge in [-0.2, -0.15) is 0 Å². The van der Waals surface area contributed by atoms with Crippen LogP contribution in [0.1, 0.15) is 69.9 Å². The quantitative estimate of drug-likeness (QED) is 0.0561. The zero-order valence-electron chi connectivity index (χ0n) is 32.2. The Labute approximate surface area is 333 Å². The Morgan fingerprint density at radius 3 is 2.30 bits per heavy atom. The molecule has 4 aliphatic rings. The number of carbonyl (C=O) groups excluding carboxylic acids is 3. The van der Waals surface area contributed by atoms with Gasteiger partial charge in [-0.15, -0.1) is 0 Å². The summed E-state index contributed by atoms with van der Waals surface area (Å²) in [6.45, 7) is 5.46. The van der Waals surface area contributed by atoms with E-state index in [1.54, 1.807) is 6.08 Å². The predicted molar refractivity (Wildman–Crippen MR) is 215 cm³/mol. The first kappa shape index (κ1) is 41.2. The number of ether oxygens (including phenoxy) is 1. The highest BCUT2D eigenvalue weighted by atomic mass is 31.3. The molecule has 9 atom stereocenters. The SMILES string of the molecule is C/C=C\C1(C)/C(=C\C=O)CCC2C1C(O)CC1(C)C(C(=O)COP(=O)(O)OP(O)Oc3ccc(NC(=O)OCC4c5ccccc5-c5ccccc54)cc3)CCC21. The Morgan fingerprint density at radius 2 is 1.65 bits per heavy atom. The maximum Gasteiger partial charge on any atom is 0.480 e. The number of nitrogens with one attached hydrogen (secondary N) is 1. The number of aliphatic hydroxyl groups excluding tert-OH is 1. The van der Waals surface area contributed by atoms with Crippen molar-refractivity contribution >= 4 is 40.3 Å². The number of hydrogen-bond acceptors (Lipinski definition) is 10. The van der Waals surface area contributed by atoms with Gasteiger partial charge in [0, 0.05) is 28.9 Å². The molecule has 0 saturated heterocycles.